The Morgan fingerprint density at radius 2 is 1.43 bits per heavy atom. The van der Waals surface area contributed by atoms with E-state index in [1.807, 2.05) is 0 Å². The zero-order valence-corrected chi connectivity index (χ0v) is 12.7. The molecule has 0 aliphatic heterocycles. The Balaban J connectivity index is 0. The Bertz CT molecular complexity index is 112. The van der Waals surface area contributed by atoms with Crippen molar-refractivity contribution >= 4 is 38.2 Å². The summed E-state index contributed by atoms with van der Waals surface area (Å²) in [5, 5.41) is 0. The van der Waals surface area contributed by atoms with Crippen LogP contribution in [-0.4, -0.2) is 36.2 Å². The van der Waals surface area contributed by atoms with Gasteiger partial charge in [-0.25, -0.2) is 0 Å². The largest absolute Gasteiger partial charge is 0.494 e. The molecule has 0 aromatic heterocycles. The van der Waals surface area contributed by atoms with Crippen molar-refractivity contribution in [2.45, 2.75) is 58.3 Å². The van der Waals surface area contributed by atoms with E-state index in [9.17, 15) is 4.57 Å². The van der Waals surface area contributed by atoms with Gasteiger partial charge in [0.1, 0.15) is 6.61 Å². The maximum atomic E-state index is 9.94. The van der Waals surface area contributed by atoms with Crippen LogP contribution in [0.2, 0.25) is 0 Å². The fraction of sp³-hybridized carbons (Fsp3) is 1.00. The molecule has 0 N–H and O–H groups in total. The summed E-state index contributed by atoms with van der Waals surface area (Å²) in [5.74, 6) is 0. The second kappa shape index (κ2) is 16.5. The average molecular weight is 228 g/mol. The minimum atomic E-state index is -0.580. The summed E-state index contributed by atoms with van der Waals surface area (Å²) < 4.78 is 14.7. The van der Waals surface area contributed by atoms with Gasteiger partial charge >= 0.3 is 8.69 Å². The van der Waals surface area contributed by atoms with Gasteiger partial charge in [0.2, 0.25) is 0 Å². The van der Waals surface area contributed by atoms with E-state index in [1.54, 1.807) is 0 Å². The van der Waals surface area contributed by atoms with Gasteiger partial charge in [-0.2, -0.15) is 0 Å². The summed E-state index contributed by atoms with van der Waals surface area (Å²) in [6.45, 7) is 2.90. The Morgan fingerprint density at radius 3 is 1.93 bits per heavy atom. The number of rotatable bonds is 10. The standard InChI is InChI=1S/C10H22O2P.Na/c1-2-3-4-5-6-7-8-9-10-12-13-11;/h13H,2-10H2,1H3;/q+1;. The van der Waals surface area contributed by atoms with Crippen LogP contribution in [-0.2, 0) is 9.09 Å². The van der Waals surface area contributed by atoms with Gasteiger partial charge in [-0.15, -0.1) is 4.52 Å². The van der Waals surface area contributed by atoms with Crippen LogP contribution in [0.5, 0.6) is 0 Å². The van der Waals surface area contributed by atoms with Crippen molar-refractivity contribution in [1.82, 2.24) is 0 Å². The molecule has 1 atom stereocenters. The van der Waals surface area contributed by atoms with E-state index in [2.05, 4.69) is 6.92 Å². The van der Waals surface area contributed by atoms with Gasteiger partial charge in [-0.1, -0.05) is 51.9 Å². The average Bonchev–Trinajstić information content (AvgIpc) is 2.16. The molecule has 0 aliphatic rings. The van der Waals surface area contributed by atoms with Crippen LogP contribution in [0.3, 0.4) is 0 Å². The molecule has 0 rings (SSSR count). The summed E-state index contributed by atoms with van der Waals surface area (Å²) in [6, 6.07) is 0. The van der Waals surface area contributed by atoms with Crippen molar-refractivity contribution in [1.29, 1.82) is 0 Å². The molecule has 0 amide bonds. The normalized spacial score (nSPS) is 10.1. The predicted octanol–water partition coefficient (Wildman–Crippen LogP) is 3.70. The first-order valence-electron chi connectivity index (χ1n) is 5.40. The van der Waals surface area contributed by atoms with Crippen molar-refractivity contribution in [3.8, 4) is 0 Å². The fourth-order valence-corrected chi connectivity index (χ4v) is 1.58. The Labute approximate surface area is 112 Å². The molecule has 4 heteroatoms. The molecule has 1 unspecified atom stereocenters. The Morgan fingerprint density at radius 1 is 0.929 bits per heavy atom. The molecule has 0 saturated heterocycles. The van der Waals surface area contributed by atoms with Crippen LogP contribution < -0.4 is 0 Å². The molecule has 14 heavy (non-hydrogen) atoms. The maximum absolute atomic E-state index is 9.94. The van der Waals surface area contributed by atoms with E-state index >= 15 is 0 Å². The van der Waals surface area contributed by atoms with Crippen LogP contribution in [0.4, 0.5) is 0 Å². The number of hydrogen-bond donors (Lipinski definition) is 0. The summed E-state index contributed by atoms with van der Waals surface area (Å²) in [5.41, 5.74) is 0. The van der Waals surface area contributed by atoms with E-state index in [1.165, 1.54) is 44.9 Å². The smallest absolute Gasteiger partial charge is 0.148 e. The number of hydrogen-bond acceptors (Lipinski definition) is 2. The SMILES string of the molecule is CCCCCCCCCCO[PH+]=O.[Na]. The third-order valence-electron chi connectivity index (χ3n) is 2.16. The first-order valence-corrected chi connectivity index (χ1v) is 6.22. The Hall–Kier alpha value is 1.06. The maximum Gasteiger partial charge on any atom is 0.494 e. The van der Waals surface area contributed by atoms with Crippen molar-refractivity contribution in [3.05, 3.63) is 0 Å². The first kappa shape index (κ1) is 17.5. The first-order chi connectivity index (χ1) is 6.41. The van der Waals surface area contributed by atoms with Crippen molar-refractivity contribution < 1.29 is 9.09 Å². The van der Waals surface area contributed by atoms with Gasteiger partial charge < -0.3 is 0 Å². The van der Waals surface area contributed by atoms with Gasteiger partial charge in [0, 0.05) is 29.6 Å². The molecular weight excluding hydrogens is 206 g/mol. The predicted molar refractivity (Wildman–Crippen MR) is 63.3 cm³/mol. The monoisotopic (exact) mass is 228 g/mol. The molecule has 0 bridgehead atoms. The van der Waals surface area contributed by atoms with E-state index in [4.69, 9.17) is 4.52 Å². The molecule has 0 aliphatic carbocycles. The Kier molecular flexibility index (Phi) is 20.6. The van der Waals surface area contributed by atoms with Gasteiger partial charge in [0.15, 0.2) is 0 Å². The van der Waals surface area contributed by atoms with E-state index in [-0.39, 0.29) is 29.6 Å². The summed E-state index contributed by atoms with van der Waals surface area (Å²) >= 11 is 0. The van der Waals surface area contributed by atoms with Crippen molar-refractivity contribution in [2.75, 3.05) is 6.61 Å². The van der Waals surface area contributed by atoms with Crippen LogP contribution in [0.1, 0.15) is 58.3 Å². The van der Waals surface area contributed by atoms with Crippen LogP contribution in [0.25, 0.3) is 0 Å². The molecule has 0 fully saturated rings. The van der Waals surface area contributed by atoms with E-state index in [0.717, 1.165) is 6.42 Å². The summed E-state index contributed by atoms with van der Waals surface area (Å²) in [4.78, 5) is 0. The van der Waals surface area contributed by atoms with Crippen molar-refractivity contribution in [2.24, 2.45) is 0 Å². The zero-order chi connectivity index (χ0) is 9.78. The van der Waals surface area contributed by atoms with Crippen LogP contribution >= 0.6 is 8.69 Å². The molecule has 79 valence electrons. The molecule has 1 radical (unpaired) electrons. The van der Waals surface area contributed by atoms with E-state index in [0.29, 0.717) is 6.61 Å². The minimum Gasteiger partial charge on any atom is -0.148 e. The van der Waals surface area contributed by atoms with Crippen LogP contribution in [0.15, 0.2) is 0 Å². The molecule has 2 nitrogen and oxygen atoms in total. The van der Waals surface area contributed by atoms with Gasteiger partial charge in [-0.05, 0) is 11.0 Å². The summed E-state index contributed by atoms with van der Waals surface area (Å²) in [6.07, 6.45) is 10.4. The molecule has 0 spiro atoms. The van der Waals surface area contributed by atoms with Gasteiger partial charge in [0.25, 0.3) is 0 Å². The number of unbranched alkanes of at least 4 members (excludes halogenated alkanes) is 7. The van der Waals surface area contributed by atoms with Crippen molar-refractivity contribution in [3.63, 3.8) is 0 Å². The van der Waals surface area contributed by atoms with Gasteiger partial charge in [-0.3, -0.25) is 0 Å². The second-order valence-electron chi connectivity index (χ2n) is 3.41. The quantitative estimate of drug-likeness (QED) is 0.324. The molecule has 0 saturated carbocycles. The summed E-state index contributed by atoms with van der Waals surface area (Å²) in [7, 11) is -0.580. The third-order valence-corrected chi connectivity index (χ3v) is 2.48. The molecular formula is C10H22NaO2P+. The van der Waals surface area contributed by atoms with E-state index < -0.39 is 8.69 Å². The topological polar surface area (TPSA) is 26.3 Å². The molecule has 0 aromatic rings. The fourth-order valence-electron chi connectivity index (χ4n) is 1.35. The second-order valence-corrected chi connectivity index (χ2v) is 3.86. The molecule has 0 heterocycles. The van der Waals surface area contributed by atoms with Gasteiger partial charge in [0.05, 0.1) is 0 Å². The van der Waals surface area contributed by atoms with Crippen LogP contribution in [0, 0.1) is 0 Å². The molecule has 0 aromatic carbocycles. The minimum absolute atomic E-state index is 0. The zero-order valence-electron chi connectivity index (χ0n) is 9.68. The third kappa shape index (κ3) is 15.5.